The van der Waals surface area contributed by atoms with Crippen LogP contribution in [0.3, 0.4) is 0 Å². The fourth-order valence-electron chi connectivity index (χ4n) is 1.84. The van der Waals surface area contributed by atoms with E-state index < -0.39 is 6.10 Å². The quantitative estimate of drug-likeness (QED) is 0.918. The van der Waals surface area contributed by atoms with E-state index in [1.165, 1.54) is 11.3 Å². The molecule has 1 heterocycles. The van der Waals surface area contributed by atoms with Crippen LogP contribution in [0, 0.1) is 13.8 Å². The Labute approximate surface area is 116 Å². The van der Waals surface area contributed by atoms with Crippen molar-refractivity contribution < 1.29 is 9.84 Å². The van der Waals surface area contributed by atoms with Crippen LogP contribution >= 0.6 is 22.9 Å². The largest absolute Gasteiger partial charge is 0.496 e. The number of aliphatic hydroxyl groups excluding tert-OH is 1. The van der Waals surface area contributed by atoms with Crippen molar-refractivity contribution in [3.8, 4) is 5.75 Å². The first-order valence-electron chi connectivity index (χ1n) is 5.60. The van der Waals surface area contributed by atoms with Crippen molar-refractivity contribution in [3.05, 3.63) is 50.2 Å². The van der Waals surface area contributed by atoms with Crippen molar-refractivity contribution in [3.63, 3.8) is 0 Å². The van der Waals surface area contributed by atoms with Gasteiger partial charge in [-0.2, -0.15) is 0 Å². The first-order valence-corrected chi connectivity index (χ1v) is 6.86. The third kappa shape index (κ3) is 2.39. The van der Waals surface area contributed by atoms with E-state index in [0.717, 1.165) is 21.6 Å². The molecular weight excluding hydrogens is 268 g/mol. The fourth-order valence-corrected chi connectivity index (χ4v) is 3.14. The number of hydrogen-bond acceptors (Lipinski definition) is 3. The molecule has 0 aliphatic heterocycles. The van der Waals surface area contributed by atoms with E-state index in [2.05, 4.69) is 0 Å². The molecule has 0 aliphatic carbocycles. The number of halogens is 1. The molecule has 18 heavy (non-hydrogen) atoms. The van der Waals surface area contributed by atoms with Crippen LogP contribution < -0.4 is 4.74 Å². The van der Waals surface area contributed by atoms with Crippen molar-refractivity contribution >= 4 is 22.9 Å². The van der Waals surface area contributed by atoms with Crippen molar-refractivity contribution in [2.24, 2.45) is 0 Å². The molecule has 1 atom stereocenters. The predicted molar refractivity (Wildman–Crippen MR) is 75.9 cm³/mol. The molecule has 2 rings (SSSR count). The summed E-state index contributed by atoms with van der Waals surface area (Å²) in [6.45, 7) is 3.92. The minimum atomic E-state index is -0.744. The molecule has 1 unspecified atom stereocenters. The number of hydrogen-bond donors (Lipinski definition) is 1. The van der Waals surface area contributed by atoms with Crippen LogP contribution in [0.5, 0.6) is 5.75 Å². The Morgan fingerprint density at radius 2 is 2.06 bits per heavy atom. The smallest absolute Gasteiger partial charge is 0.125 e. The molecule has 1 aromatic heterocycles. The zero-order valence-corrected chi connectivity index (χ0v) is 12.1. The number of aryl methyl sites for hydroxylation is 2. The maximum Gasteiger partial charge on any atom is 0.125 e. The Morgan fingerprint density at radius 1 is 1.33 bits per heavy atom. The van der Waals surface area contributed by atoms with Crippen LogP contribution in [0.4, 0.5) is 0 Å². The summed E-state index contributed by atoms with van der Waals surface area (Å²) in [6, 6.07) is 5.74. The first-order chi connectivity index (χ1) is 8.54. The summed E-state index contributed by atoms with van der Waals surface area (Å²) in [5.41, 5.74) is 2.82. The lowest BCUT2D eigenvalue weighted by molar-refractivity contribution is 0.218. The molecular formula is C14H15ClO2S. The lowest BCUT2D eigenvalue weighted by atomic mass is 10.0. The van der Waals surface area contributed by atoms with E-state index >= 15 is 0 Å². The monoisotopic (exact) mass is 282 g/mol. The van der Waals surface area contributed by atoms with Gasteiger partial charge in [0.2, 0.25) is 0 Å². The third-order valence-electron chi connectivity index (χ3n) is 2.85. The summed E-state index contributed by atoms with van der Waals surface area (Å²) in [7, 11) is 1.60. The van der Waals surface area contributed by atoms with E-state index in [-0.39, 0.29) is 0 Å². The van der Waals surface area contributed by atoms with Crippen LogP contribution in [0.1, 0.15) is 27.7 Å². The van der Waals surface area contributed by atoms with Crippen molar-refractivity contribution in [2.75, 3.05) is 7.11 Å². The van der Waals surface area contributed by atoms with E-state index in [9.17, 15) is 5.11 Å². The Kier molecular flexibility index (Phi) is 3.95. The highest BCUT2D eigenvalue weighted by Crippen LogP contribution is 2.38. The van der Waals surface area contributed by atoms with E-state index in [0.29, 0.717) is 10.8 Å². The average Bonchev–Trinajstić information content (AvgIpc) is 2.69. The fraction of sp³-hybridized carbons (Fsp3) is 0.286. The first kappa shape index (κ1) is 13.4. The maximum absolute atomic E-state index is 10.5. The molecule has 0 fully saturated rings. The molecule has 96 valence electrons. The lowest BCUT2D eigenvalue weighted by Gasteiger charge is -2.15. The van der Waals surface area contributed by atoms with E-state index in [4.69, 9.17) is 16.3 Å². The number of methoxy groups -OCH3 is 1. The minimum absolute atomic E-state index is 0.635. The molecule has 1 aromatic carbocycles. The van der Waals surface area contributed by atoms with Crippen LogP contribution in [0.2, 0.25) is 5.02 Å². The lowest BCUT2D eigenvalue weighted by Crippen LogP contribution is -2.01. The zero-order valence-electron chi connectivity index (χ0n) is 10.5. The molecule has 0 saturated heterocycles. The molecule has 1 N–H and O–H groups in total. The summed E-state index contributed by atoms with van der Waals surface area (Å²) in [5, 5.41) is 13.1. The summed E-state index contributed by atoms with van der Waals surface area (Å²) < 4.78 is 5.29. The van der Waals surface area contributed by atoms with Gasteiger partial charge in [-0.25, -0.2) is 0 Å². The van der Waals surface area contributed by atoms with Crippen LogP contribution in [-0.4, -0.2) is 12.2 Å². The number of ether oxygens (including phenoxy) is 1. The van der Waals surface area contributed by atoms with E-state index in [1.807, 2.05) is 37.4 Å². The molecule has 0 spiro atoms. The highest BCUT2D eigenvalue weighted by atomic mass is 35.5. The van der Waals surface area contributed by atoms with E-state index in [1.54, 1.807) is 7.11 Å². The Hall–Kier alpha value is -1.03. The number of rotatable bonds is 3. The van der Waals surface area contributed by atoms with Crippen LogP contribution in [0.15, 0.2) is 23.6 Å². The van der Waals surface area contributed by atoms with Gasteiger partial charge in [-0.15, -0.1) is 11.3 Å². The molecule has 2 aromatic rings. The van der Waals surface area contributed by atoms with Gasteiger partial charge < -0.3 is 9.84 Å². The van der Waals surface area contributed by atoms with Crippen LogP contribution in [0.25, 0.3) is 0 Å². The Morgan fingerprint density at radius 3 is 2.61 bits per heavy atom. The number of aliphatic hydroxyl groups is 1. The second-order valence-electron chi connectivity index (χ2n) is 4.24. The summed E-state index contributed by atoms with van der Waals surface area (Å²) in [5.74, 6) is 0.676. The van der Waals surface area contributed by atoms with Gasteiger partial charge in [-0.3, -0.25) is 0 Å². The highest BCUT2D eigenvalue weighted by Gasteiger charge is 2.20. The zero-order chi connectivity index (χ0) is 13.3. The Bertz CT molecular complexity index is 563. The van der Waals surface area contributed by atoms with Gasteiger partial charge >= 0.3 is 0 Å². The van der Waals surface area contributed by atoms with Gasteiger partial charge in [0.1, 0.15) is 11.9 Å². The second-order valence-corrected chi connectivity index (χ2v) is 5.53. The van der Waals surface area contributed by atoms with Gasteiger partial charge in [0.25, 0.3) is 0 Å². The highest BCUT2D eigenvalue weighted by molar-refractivity contribution is 7.10. The van der Waals surface area contributed by atoms with Gasteiger partial charge in [-0.1, -0.05) is 23.2 Å². The van der Waals surface area contributed by atoms with Crippen LogP contribution in [-0.2, 0) is 0 Å². The molecule has 4 heteroatoms. The molecule has 0 aliphatic rings. The minimum Gasteiger partial charge on any atom is -0.496 e. The number of thiophene rings is 1. The Balaban J connectivity index is 2.48. The van der Waals surface area contributed by atoms with Gasteiger partial charge in [0.15, 0.2) is 0 Å². The molecule has 0 amide bonds. The summed E-state index contributed by atoms with van der Waals surface area (Å²) in [6.07, 6.45) is -0.744. The maximum atomic E-state index is 10.5. The molecule has 0 saturated carbocycles. The van der Waals surface area contributed by atoms with Gasteiger partial charge in [0.05, 0.1) is 17.0 Å². The predicted octanol–water partition coefficient (Wildman–Crippen LogP) is 4.11. The van der Waals surface area contributed by atoms with Crippen molar-refractivity contribution in [2.45, 2.75) is 20.0 Å². The standard InChI is InChI=1S/C14H15ClO2S/c1-8-4-5-11(17-3)10(6-8)13(16)14-12(15)9(2)7-18-14/h4-7,13,16H,1-3H3. The topological polar surface area (TPSA) is 29.5 Å². The molecule has 2 nitrogen and oxygen atoms in total. The SMILES string of the molecule is COc1ccc(C)cc1C(O)c1scc(C)c1Cl. The summed E-state index contributed by atoms with van der Waals surface area (Å²) in [4.78, 5) is 0.762. The van der Waals surface area contributed by atoms with Gasteiger partial charge in [0, 0.05) is 5.56 Å². The normalized spacial score (nSPS) is 12.5. The average molecular weight is 283 g/mol. The number of benzene rings is 1. The third-order valence-corrected chi connectivity index (χ3v) is 4.62. The second kappa shape index (κ2) is 5.31. The summed E-state index contributed by atoms with van der Waals surface area (Å²) >= 11 is 7.67. The van der Waals surface area contributed by atoms with Crippen molar-refractivity contribution in [1.82, 2.24) is 0 Å². The molecule has 0 radical (unpaired) electrons. The molecule has 0 bridgehead atoms. The van der Waals surface area contributed by atoms with Crippen molar-refractivity contribution in [1.29, 1.82) is 0 Å². The van der Waals surface area contributed by atoms with Gasteiger partial charge in [-0.05, 0) is 36.9 Å².